The predicted molar refractivity (Wildman–Crippen MR) is 76.0 cm³/mol. The zero-order valence-corrected chi connectivity index (χ0v) is 12.2. The molecule has 2 nitrogen and oxygen atoms in total. The Morgan fingerprint density at radius 1 is 1.24 bits per heavy atom. The molecule has 0 radical (unpaired) electrons. The van der Waals surface area contributed by atoms with Gasteiger partial charge < -0.3 is 10.1 Å². The van der Waals surface area contributed by atoms with E-state index in [-0.39, 0.29) is 5.75 Å². The third kappa shape index (κ3) is 5.23. The molecule has 1 fully saturated rings. The van der Waals surface area contributed by atoms with Gasteiger partial charge in [0, 0.05) is 12.6 Å². The van der Waals surface area contributed by atoms with Crippen molar-refractivity contribution < 1.29 is 17.9 Å². The minimum Gasteiger partial charge on any atom is -0.406 e. The molecule has 0 saturated heterocycles. The molecule has 0 heterocycles. The van der Waals surface area contributed by atoms with Crippen LogP contribution in [0.4, 0.5) is 13.2 Å². The summed E-state index contributed by atoms with van der Waals surface area (Å²) >= 11 is 0. The monoisotopic (exact) mass is 301 g/mol. The highest BCUT2D eigenvalue weighted by Crippen LogP contribution is 2.27. The van der Waals surface area contributed by atoms with Crippen LogP contribution in [0.15, 0.2) is 24.3 Å². The van der Waals surface area contributed by atoms with Gasteiger partial charge in [-0.2, -0.15) is 0 Å². The van der Waals surface area contributed by atoms with Crippen molar-refractivity contribution >= 4 is 0 Å². The molecular weight excluding hydrogens is 279 g/mol. The standard InChI is InChI=1S/C16H22F3NO/c1-2-13-7-3-4-9-15(13)20-11-12-6-5-8-14(10-12)21-16(17,18)19/h5-6,8,10,13,15,20H,2-4,7,9,11H2,1H3. The van der Waals surface area contributed by atoms with E-state index in [1.807, 2.05) is 6.07 Å². The molecule has 1 saturated carbocycles. The number of hydrogen-bond acceptors (Lipinski definition) is 2. The van der Waals surface area contributed by atoms with Crippen LogP contribution in [-0.2, 0) is 6.54 Å². The Morgan fingerprint density at radius 2 is 2.00 bits per heavy atom. The van der Waals surface area contributed by atoms with Crippen LogP contribution in [-0.4, -0.2) is 12.4 Å². The summed E-state index contributed by atoms with van der Waals surface area (Å²) in [7, 11) is 0. The maximum absolute atomic E-state index is 12.2. The summed E-state index contributed by atoms with van der Waals surface area (Å²) in [6.45, 7) is 2.78. The minimum absolute atomic E-state index is 0.155. The molecule has 1 aromatic rings. The number of ether oxygens (including phenoxy) is 1. The molecule has 118 valence electrons. The average Bonchev–Trinajstić information content (AvgIpc) is 2.44. The van der Waals surface area contributed by atoms with Crippen molar-refractivity contribution in [3.8, 4) is 5.75 Å². The highest BCUT2D eigenvalue weighted by atomic mass is 19.4. The van der Waals surface area contributed by atoms with E-state index in [0.29, 0.717) is 18.5 Å². The highest BCUT2D eigenvalue weighted by molar-refractivity contribution is 5.28. The molecule has 2 atom stereocenters. The summed E-state index contributed by atoms with van der Waals surface area (Å²) < 4.78 is 40.6. The summed E-state index contributed by atoms with van der Waals surface area (Å²) in [5, 5.41) is 3.49. The molecule has 0 amide bonds. The third-order valence-corrected chi connectivity index (χ3v) is 4.13. The first-order chi connectivity index (χ1) is 9.98. The predicted octanol–water partition coefficient (Wildman–Crippen LogP) is 4.64. The fourth-order valence-electron chi connectivity index (χ4n) is 3.07. The number of hydrogen-bond donors (Lipinski definition) is 1. The maximum atomic E-state index is 12.2. The molecule has 5 heteroatoms. The van der Waals surface area contributed by atoms with E-state index in [4.69, 9.17) is 0 Å². The van der Waals surface area contributed by atoms with E-state index >= 15 is 0 Å². The molecule has 1 N–H and O–H groups in total. The zero-order valence-electron chi connectivity index (χ0n) is 12.2. The molecule has 1 aliphatic carbocycles. The molecular formula is C16H22F3NO. The molecule has 0 aromatic heterocycles. The smallest absolute Gasteiger partial charge is 0.406 e. The van der Waals surface area contributed by atoms with Crippen LogP contribution >= 0.6 is 0 Å². The van der Waals surface area contributed by atoms with Crippen LogP contribution in [0.3, 0.4) is 0 Å². The highest BCUT2D eigenvalue weighted by Gasteiger charge is 2.31. The lowest BCUT2D eigenvalue weighted by atomic mass is 9.83. The van der Waals surface area contributed by atoms with E-state index < -0.39 is 6.36 Å². The number of alkyl halides is 3. The number of rotatable bonds is 5. The Morgan fingerprint density at radius 3 is 2.71 bits per heavy atom. The second-order valence-corrected chi connectivity index (χ2v) is 5.64. The Balaban J connectivity index is 1.92. The Kier molecular flexibility index (Phi) is 5.51. The van der Waals surface area contributed by atoms with Gasteiger partial charge in [-0.3, -0.25) is 0 Å². The summed E-state index contributed by atoms with van der Waals surface area (Å²) in [5.41, 5.74) is 0.817. The summed E-state index contributed by atoms with van der Waals surface area (Å²) in [5.74, 6) is 0.519. The van der Waals surface area contributed by atoms with Gasteiger partial charge in [-0.1, -0.05) is 38.3 Å². The van der Waals surface area contributed by atoms with E-state index in [2.05, 4.69) is 17.0 Å². The molecule has 1 aromatic carbocycles. The zero-order chi connectivity index (χ0) is 15.3. The van der Waals surface area contributed by atoms with Gasteiger partial charge in [0.1, 0.15) is 5.75 Å². The number of benzene rings is 1. The number of nitrogens with one attached hydrogen (secondary N) is 1. The normalized spacial score (nSPS) is 23.0. The first-order valence-corrected chi connectivity index (χ1v) is 7.56. The topological polar surface area (TPSA) is 21.3 Å². The van der Waals surface area contributed by atoms with Crippen molar-refractivity contribution in [2.45, 2.75) is 58.0 Å². The molecule has 1 aliphatic rings. The Labute approximate surface area is 123 Å². The van der Waals surface area contributed by atoms with Crippen molar-refractivity contribution in [2.24, 2.45) is 5.92 Å². The van der Waals surface area contributed by atoms with Crippen molar-refractivity contribution in [2.75, 3.05) is 0 Å². The van der Waals surface area contributed by atoms with Gasteiger partial charge in [-0.15, -0.1) is 13.2 Å². The van der Waals surface area contributed by atoms with Gasteiger partial charge in [0.15, 0.2) is 0 Å². The van der Waals surface area contributed by atoms with Crippen molar-refractivity contribution in [3.63, 3.8) is 0 Å². The first-order valence-electron chi connectivity index (χ1n) is 7.56. The van der Waals surface area contributed by atoms with Crippen LogP contribution in [0.2, 0.25) is 0 Å². The van der Waals surface area contributed by atoms with Crippen LogP contribution in [0, 0.1) is 5.92 Å². The molecule has 0 spiro atoms. The van der Waals surface area contributed by atoms with Gasteiger partial charge in [0.25, 0.3) is 0 Å². The van der Waals surface area contributed by atoms with E-state index in [9.17, 15) is 13.2 Å². The molecule has 2 unspecified atom stereocenters. The van der Waals surface area contributed by atoms with E-state index in [1.54, 1.807) is 6.07 Å². The van der Waals surface area contributed by atoms with Gasteiger partial charge in [0.05, 0.1) is 0 Å². The fraction of sp³-hybridized carbons (Fsp3) is 0.625. The summed E-state index contributed by atoms with van der Waals surface area (Å²) in [4.78, 5) is 0. The van der Waals surface area contributed by atoms with Crippen LogP contribution in [0.5, 0.6) is 5.75 Å². The lowest BCUT2D eigenvalue weighted by Crippen LogP contribution is -2.37. The van der Waals surface area contributed by atoms with Gasteiger partial charge in [-0.05, 0) is 36.5 Å². The molecule has 0 aliphatic heterocycles. The largest absolute Gasteiger partial charge is 0.573 e. The second-order valence-electron chi connectivity index (χ2n) is 5.64. The lowest BCUT2D eigenvalue weighted by molar-refractivity contribution is -0.274. The van der Waals surface area contributed by atoms with Crippen molar-refractivity contribution in [1.29, 1.82) is 0 Å². The molecule has 0 bridgehead atoms. The average molecular weight is 301 g/mol. The van der Waals surface area contributed by atoms with Crippen LogP contribution in [0.25, 0.3) is 0 Å². The maximum Gasteiger partial charge on any atom is 0.573 e. The summed E-state index contributed by atoms with van der Waals surface area (Å²) in [6, 6.07) is 6.66. The van der Waals surface area contributed by atoms with Crippen molar-refractivity contribution in [3.05, 3.63) is 29.8 Å². The first kappa shape index (κ1) is 16.1. The van der Waals surface area contributed by atoms with Gasteiger partial charge >= 0.3 is 6.36 Å². The van der Waals surface area contributed by atoms with E-state index in [0.717, 1.165) is 18.4 Å². The van der Waals surface area contributed by atoms with Gasteiger partial charge in [0.2, 0.25) is 0 Å². The summed E-state index contributed by atoms with van der Waals surface area (Å²) in [6.07, 6.45) is 1.41. The van der Waals surface area contributed by atoms with E-state index in [1.165, 1.54) is 31.4 Å². The number of halogens is 3. The second kappa shape index (κ2) is 7.16. The quantitative estimate of drug-likeness (QED) is 0.855. The lowest BCUT2D eigenvalue weighted by Gasteiger charge is -2.31. The SMILES string of the molecule is CCC1CCCCC1NCc1cccc(OC(F)(F)F)c1. The van der Waals surface area contributed by atoms with Crippen molar-refractivity contribution in [1.82, 2.24) is 5.32 Å². The Hall–Kier alpha value is -1.23. The third-order valence-electron chi connectivity index (χ3n) is 4.13. The molecule has 2 rings (SSSR count). The minimum atomic E-state index is -4.64. The van der Waals surface area contributed by atoms with Crippen LogP contribution in [0.1, 0.15) is 44.6 Å². The van der Waals surface area contributed by atoms with Crippen LogP contribution < -0.4 is 10.1 Å². The molecule has 21 heavy (non-hydrogen) atoms. The van der Waals surface area contributed by atoms with Gasteiger partial charge in [-0.25, -0.2) is 0 Å². The Bertz CT molecular complexity index is 447. The fourth-order valence-corrected chi connectivity index (χ4v) is 3.07.